The van der Waals surface area contributed by atoms with Crippen LogP contribution < -0.4 is 0 Å². The molecule has 0 rings (SSSR count). The summed E-state index contributed by atoms with van der Waals surface area (Å²) in [6.07, 6.45) is 102. The molecule has 0 aromatic heterocycles. The number of allylic oxidation sites excluding steroid dienone is 4. The number of nitrogens with zero attached hydrogens (tertiary/aromatic N) is 1. The quantitative estimate of drug-likeness (QED) is 0.0211. The van der Waals surface area contributed by atoms with Gasteiger partial charge in [-0.2, -0.15) is 0 Å². The molecule has 2 atom stereocenters. The number of hydrogen-bond acceptors (Lipinski definition) is 7. The van der Waals surface area contributed by atoms with E-state index in [0.717, 1.165) is 44.9 Å². The van der Waals surface area contributed by atoms with Gasteiger partial charge in [-0.1, -0.05) is 443 Å². The van der Waals surface area contributed by atoms with Gasteiger partial charge in [-0.25, -0.2) is 4.79 Å². The average Bonchev–Trinajstić information content (AvgIpc) is 2.62. The third-order valence-corrected chi connectivity index (χ3v) is 20.7. The Hall–Kier alpha value is -2.23. The number of hydrogen-bond donors (Lipinski definition) is 1. The van der Waals surface area contributed by atoms with Crippen LogP contribution >= 0.6 is 0 Å². The summed E-state index contributed by atoms with van der Waals surface area (Å²) in [5.74, 6) is -1.96. The van der Waals surface area contributed by atoms with Crippen LogP contribution in [0.2, 0.25) is 0 Å². The first-order chi connectivity index (χ1) is 48.6. The fraction of sp³-hybridized carbons (Fsp3) is 0.922. The molecule has 0 aromatic carbocycles. The lowest BCUT2D eigenvalue weighted by molar-refractivity contribution is -0.870. The van der Waals surface area contributed by atoms with Crippen molar-refractivity contribution in [2.75, 3.05) is 47.5 Å². The summed E-state index contributed by atoms with van der Waals surface area (Å²) < 4.78 is 23.1. The predicted molar refractivity (Wildman–Crippen MR) is 429 cm³/mol. The van der Waals surface area contributed by atoms with Crippen molar-refractivity contribution in [3.8, 4) is 0 Å². The van der Waals surface area contributed by atoms with E-state index in [0.29, 0.717) is 17.4 Å². The van der Waals surface area contributed by atoms with Gasteiger partial charge in [-0.3, -0.25) is 9.59 Å². The molecule has 0 aliphatic rings. The highest BCUT2D eigenvalue weighted by molar-refractivity contribution is 5.71. The molecule has 1 N–H and O–H groups in total. The zero-order valence-corrected chi connectivity index (χ0v) is 67.5. The Balaban J connectivity index is 3.88. The summed E-state index contributed by atoms with van der Waals surface area (Å²) in [5, 5.41) is 9.79. The van der Waals surface area contributed by atoms with Crippen LogP contribution in [0.1, 0.15) is 476 Å². The van der Waals surface area contributed by atoms with Crippen LogP contribution in [0.15, 0.2) is 24.3 Å². The number of quaternary nitrogens is 1. The first kappa shape index (κ1) is 96.8. The fourth-order valence-corrected chi connectivity index (χ4v) is 13.9. The van der Waals surface area contributed by atoms with Gasteiger partial charge in [-0.05, 0) is 44.9 Å². The Bertz CT molecular complexity index is 1680. The average molecular weight is 1400 g/mol. The van der Waals surface area contributed by atoms with Crippen LogP contribution in [0.25, 0.3) is 0 Å². The van der Waals surface area contributed by atoms with Crippen LogP contribution in [0.3, 0.4) is 0 Å². The summed E-state index contributed by atoms with van der Waals surface area (Å²) in [6, 6.07) is 0. The van der Waals surface area contributed by atoms with Crippen molar-refractivity contribution >= 4 is 17.9 Å². The molecule has 0 spiro atoms. The summed E-state index contributed by atoms with van der Waals surface area (Å²) >= 11 is 0. The minimum Gasteiger partial charge on any atom is -0.477 e. The SMILES string of the molecule is CCCCCCC/C=C\C/C=C\CCCCCCCCCCCCCCCCCCCCCCCCCCCCCCCC(=O)OC(COC(=O)CCCCCCCCCCCCCCCCCCCCCCCCCCCCCCCCCCC)COC(OCC[N+](C)(C)C)C(=O)O. The van der Waals surface area contributed by atoms with Crippen LogP contribution in [-0.4, -0.2) is 87.4 Å². The highest BCUT2D eigenvalue weighted by Crippen LogP contribution is 2.21. The summed E-state index contributed by atoms with van der Waals surface area (Å²) in [5.41, 5.74) is 0. The number of carboxylic acid groups (broad SMARTS) is 1. The molecule has 586 valence electrons. The molecule has 99 heavy (non-hydrogen) atoms. The molecule has 0 saturated carbocycles. The Morgan fingerprint density at radius 3 is 0.798 bits per heavy atom. The van der Waals surface area contributed by atoms with Crippen LogP contribution in [0, 0.1) is 0 Å². The Kier molecular flexibility index (Phi) is 79.6. The van der Waals surface area contributed by atoms with Crippen molar-refractivity contribution in [2.24, 2.45) is 0 Å². The first-order valence-corrected chi connectivity index (χ1v) is 44.5. The maximum absolute atomic E-state index is 13.0. The Labute approximate surface area is 618 Å². The van der Waals surface area contributed by atoms with Gasteiger partial charge in [0.2, 0.25) is 0 Å². The molecule has 2 unspecified atom stereocenters. The van der Waals surface area contributed by atoms with Gasteiger partial charge in [0, 0.05) is 12.8 Å². The number of aliphatic carboxylic acids is 1. The van der Waals surface area contributed by atoms with Crippen molar-refractivity contribution in [3.63, 3.8) is 0 Å². The van der Waals surface area contributed by atoms with E-state index < -0.39 is 18.4 Å². The first-order valence-electron chi connectivity index (χ1n) is 44.5. The van der Waals surface area contributed by atoms with Gasteiger partial charge >= 0.3 is 17.9 Å². The molecule has 0 aliphatic heterocycles. The third kappa shape index (κ3) is 82.9. The topological polar surface area (TPSA) is 108 Å². The second-order valence-electron chi connectivity index (χ2n) is 31.9. The second-order valence-corrected chi connectivity index (χ2v) is 31.9. The largest absolute Gasteiger partial charge is 0.477 e. The summed E-state index contributed by atoms with van der Waals surface area (Å²) in [7, 11) is 6.01. The number of rotatable bonds is 85. The minimum atomic E-state index is -1.51. The summed E-state index contributed by atoms with van der Waals surface area (Å²) in [4.78, 5) is 37.8. The van der Waals surface area contributed by atoms with Crippen molar-refractivity contribution in [2.45, 2.75) is 489 Å². The van der Waals surface area contributed by atoms with E-state index in [-0.39, 0.29) is 38.2 Å². The zero-order chi connectivity index (χ0) is 71.8. The van der Waals surface area contributed by atoms with Gasteiger partial charge in [0.15, 0.2) is 6.10 Å². The maximum atomic E-state index is 13.0. The Morgan fingerprint density at radius 2 is 0.545 bits per heavy atom. The fourth-order valence-electron chi connectivity index (χ4n) is 13.9. The van der Waals surface area contributed by atoms with E-state index in [1.165, 1.54) is 405 Å². The van der Waals surface area contributed by atoms with Crippen molar-refractivity contribution in [1.29, 1.82) is 0 Å². The lowest BCUT2D eigenvalue weighted by Crippen LogP contribution is -2.40. The molecule has 0 aromatic rings. The normalized spacial score (nSPS) is 12.6. The number of esters is 2. The van der Waals surface area contributed by atoms with E-state index in [9.17, 15) is 19.5 Å². The van der Waals surface area contributed by atoms with E-state index in [1.807, 2.05) is 21.1 Å². The molecular weight excluding hydrogens is 1220 g/mol. The number of carboxylic acids is 1. The number of carbonyl (C=O) groups is 3. The van der Waals surface area contributed by atoms with E-state index >= 15 is 0 Å². The highest BCUT2D eigenvalue weighted by atomic mass is 16.7. The van der Waals surface area contributed by atoms with Gasteiger partial charge in [0.25, 0.3) is 6.29 Å². The predicted octanol–water partition coefficient (Wildman–Crippen LogP) is 28.8. The van der Waals surface area contributed by atoms with E-state index in [1.54, 1.807) is 0 Å². The highest BCUT2D eigenvalue weighted by Gasteiger charge is 2.25. The Morgan fingerprint density at radius 1 is 0.303 bits per heavy atom. The molecule has 0 bridgehead atoms. The third-order valence-electron chi connectivity index (χ3n) is 20.7. The van der Waals surface area contributed by atoms with Crippen molar-refractivity contribution < 1.29 is 42.9 Å². The maximum Gasteiger partial charge on any atom is 0.361 e. The number of carbonyl (C=O) groups excluding carboxylic acids is 2. The van der Waals surface area contributed by atoms with Gasteiger partial charge in [0.1, 0.15) is 13.2 Å². The van der Waals surface area contributed by atoms with Crippen LogP contribution in [0.5, 0.6) is 0 Å². The molecule has 0 aliphatic carbocycles. The van der Waals surface area contributed by atoms with Gasteiger partial charge in [-0.15, -0.1) is 0 Å². The smallest absolute Gasteiger partial charge is 0.361 e. The van der Waals surface area contributed by atoms with Gasteiger partial charge in [0.05, 0.1) is 34.4 Å². The molecule has 0 heterocycles. The minimum absolute atomic E-state index is 0.173. The molecule has 0 radical (unpaired) electrons. The molecule has 0 fully saturated rings. The number of ether oxygens (including phenoxy) is 4. The molecule has 0 saturated heterocycles. The van der Waals surface area contributed by atoms with Crippen molar-refractivity contribution in [3.05, 3.63) is 24.3 Å². The monoisotopic (exact) mass is 1400 g/mol. The molecule has 9 heteroatoms. The summed E-state index contributed by atoms with van der Waals surface area (Å²) in [6.45, 7) is 4.97. The lowest BCUT2D eigenvalue weighted by atomic mass is 10.0. The molecule has 9 nitrogen and oxygen atoms in total. The van der Waals surface area contributed by atoms with Gasteiger partial charge < -0.3 is 28.5 Å². The standard InChI is InChI=1S/C90H173NO8/c1-6-8-10-12-14-16-18-20-22-24-26-28-30-32-34-36-38-40-41-42-43-44-45-46-47-49-51-53-55-57-59-61-63-65-67-69-71-73-75-77-79-81-88(93)99-86(85-98-90(89(94)95)96-83-82-91(3,4)5)84-97-87(92)80-78-76-74-72-70-68-66-64-62-60-58-56-54-52-50-48-39-37-35-33-31-29-27-25-23-21-19-17-15-13-11-9-7-2/h18,20,24,26,86,90H,6-17,19,21-23,25,27-85H2,1-5H3/p+1/b20-18-,26-24-. The molecular formula is C90H174NO8+. The molecule has 0 amide bonds. The lowest BCUT2D eigenvalue weighted by Gasteiger charge is -2.25. The number of likely N-dealkylation sites (N-methyl/N-ethyl adjacent to an activating group) is 1. The second kappa shape index (κ2) is 81.4. The van der Waals surface area contributed by atoms with Crippen LogP contribution in [-0.2, 0) is 33.3 Å². The van der Waals surface area contributed by atoms with E-state index in [4.69, 9.17) is 18.9 Å². The van der Waals surface area contributed by atoms with Crippen LogP contribution in [0.4, 0.5) is 0 Å². The van der Waals surface area contributed by atoms with Crippen molar-refractivity contribution in [1.82, 2.24) is 0 Å². The zero-order valence-electron chi connectivity index (χ0n) is 67.5. The number of unbranched alkanes of at least 4 members (excludes halogenated alkanes) is 66. The van der Waals surface area contributed by atoms with E-state index in [2.05, 4.69) is 38.2 Å².